The highest BCUT2D eigenvalue weighted by molar-refractivity contribution is 5.45. The van der Waals surface area contributed by atoms with E-state index in [2.05, 4.69) is 29.9 Å². The van der Waals surface area contributed by atoms with Gasteiger partial charge in [0.15, 0.2) is 0 Å². The number of hydrogen-bond acceptors (Lipinski definition) is 2. The van der Waals surface area contributed by atoms with E-state index in [4.69, 9.17) is 0 Å². The average molecular weight is 176 g/mol. The Kier molecular flexibility index (Phi) is 3.07. The van der Waals surface area contributed by atoms with Crippen molar-refractivity contribution < 1.29 is 0 Å². The van der Waals surface area contributed by atoms with Crippen molar-refractivity contribution in [1.29, 1.82) is 0 Å². The summed E-state index contributed by atoms with van der Waals surface area (Å²) in [6.45, 7) is 10.7. The fourth-order valence-electron chi connectivity index (χ4n) is 1.13. The Hall–Kier alpha value is -1.31. The maximum Gasteiger partial charge on any atom is 0.129 e. The molecule has 0 amide bonds. The van der Waals surface area contributed by atoms with Crippen molar-refractivity contribution in [2.45, 2.75) is 20.8 Å². The molecule has 0 spiro atoms. The summed E-state index contributed by atoms with van der Waals surface area (Å²) in [6, 6.07) is 2.12. The summed E-state index contributed by atoms with van der Waals surface area (Å²) in [5, 5.41) is 3.23. The number of aryl methyl sites for hydroxylation is 2. The third-order valence-electron chi connectivity index (χ3n) is 1.77. The zero-order valence-electron chi connectivity index (χ0n) is 8.52. The molecule has 0 radical (unpaired) electrons. The second-order valence-corrected chi connectivity index (χ2v) is 3.49. The van der Waals surface area contributed by atoms with E-state index in [0.717, 1.165) is 17.9 Å². The Morgan fingerprint density at radius 1 is 1.54 bits per heavy atom. The van der Waals surface area contributed by atoms with E-state index in [-0.39, 0.29) is 0 Å². The zero-order valence-corrected chi connectivity index (χ0v) is 8.52. The minimum absolute atomic E-state index is 0.789. The standard InChI is InChI=1S/C11H16N2/c1-8(2)6-12-11-10(4)5-9(3)7-13-11/h5,7H,1,6H2,2-4H3,(H,12,13). The molecule has 0 unspecified atom stereocenters. The van der Waals surface area contributed by atoms with Gasteiger partial charge in [0, 0.05) is 12.7 Å². The number of pyridine rings is 1. The number of nitrogens with zero attached hydrogens (tertiary/aromatic N) is 1. The molecule has 1 aromatic heterocycles. The minimum Gasteiger partial charge on any atom is -0.366 e. The largest absolute Gasteiger partial charge is 0.366 e. The number of nitrogens with one attached hydrogen (secondary N) is 1. The van der Waals surface area contributed by atoms with E-state index in [1.165, 1.54) is 11.1 Å². The smallest absolute Gasteiger partial charge is 0.129 e. The van der Waals surface area contributed by atoms with Crippen molar-refractivity contribution >= 4 is 5.82 Å². The SMILES string of the molecule is C=C(C)CNc1ncc(C)cc1C. The van der Waals surface area contributed by atoms with Crippen molar-refractivity contribution in [2.75, 3.05) is 11.9 Å². The van der Waals surface area contributed by atoms with Gasteiger partial charge in [-0.05, 0) is 31.9 Å². The van der Waals surface area contributed by atoms with Crippen LogP contribution in [0.3, 0.4) is 0 Å². The quantitative estimate of drug-likeness (QED) is 0.716. The third-order valence-corrected chi connectivity index (χ3v) is 1.77. The fraction of sp³-hybridized carbons (Fsp3) is 0.364. The highest BCUT2D eigenvalue weighted by Gasteiger charge is 1.98. The lowest BCUT2D eigenvalue weighted by atomic mass is 10.2. The van der Waals surface area contributed by atoms with Crippen LogP contribution in [0.1, 0.15) is 18.1 Å². The van der Waals surface area contributed by atoms with Gasteiger partial charge in [0.05, 0.1) is 0 Å². The molecule has 0 fully saturated rings. The molecule has 0 aliphatic rings. The number of rotatable bonds is 3. The van der Waals surface area contributed by atoms with Gasteiger partial charge in [-0.1, -0.05) is 18.2 Å². The van der Waals surface area contributed by atoms with Gasteiger partial charge in [-0.25, -0.2) is 4.98 Å². The zero-order chi connectivity index (χ0) is 9.84. The molecule has 0 aromatic carbocycles. The van der Waals surface area contributed by atoms with Crippen molar-refractivity contribution in [3.05, 3.63) is 35.5 Å². The molecule has 0 bridgehead atoms. The molecular formula is C11H16N2. The summed E-state index contributed by atoms with van der Waals surface area (Å²) in [4.78, 5) is 4.30. The van der Waals surface area contributed by atoms with Gasteiger partial charge in [-0.3, -0.25) is 0 Å². The molecule has 0 aliphatic heterocycles. The van der Waals surface area contributed by atoms with Gasteiger partial charge in [0.1, 0.15) is 5.82 Å². The summed E-state index contributed by atoms with van der Waals surface area (Å²) in [7, 11) is 0. The molecule has 1 rings (SSSR count). The molecule has 0 saturated carbocycles. The van der Waals surface area contributed by atoms with Gasteiger partial charge < -0.3 is 5.32 Å². The molecule has 13 heavy (non-hydrogen) atoms. The van der Waals surface area contributed by atoms with Gasteiger partial charge in [-0.2, -0.15) is 0 Å². The van der Waals surface area contributed by atoms with E-state index in [1.54, 1.807) is 0 Å². The average Bonchev–Trinajstić information content (AvgIpc) is 2.02. The van der Waals surface area contributed by atoms with E-state index >= 15 is 0 Å². The summed E-state index contributed by atoms with van der Waals surface area (Å²) in [6.07, 6.45) is 1.87. The Balaban J connectivity index is 2.72. The molecule has 0 saturated heterocycles. The minimum atomic E-state index is 0.789. The Morgan fingerprint density at radius 3 is 2.77 bits per heavy atom. The van der Waals surface area contributed by atoms with Crippen molar-refractivity contribution in [3.8, 4) is 0 Å². The van der Waals surface area contributed by atoms with Crippen LogP contribution in [0.15, 0.2) is 24.4 Å². The maximum atomic E-state index is 4.30. The van der Waals surface area contributed by atoms with Gasteiger partial charge in [-0.15, -0.1) is 0 Å². The van der Waals surface area contributed by atoms with Crippen LogP contribution in [0.4, 0.5) is 5.82 Å². The first kappa shape index (κ1) is 9.78. The Labute approximate surface area is 79.7 Å². The second-order valence-electron chi connectivity index (χ2n) is 3.49. The molecule has 0 aliphatic carbocycles. The predicted octanol–water partition coefficient (Wildman–Crippen LogP) is 2.69. The highest BCUT2D eigenvalue weighted by Crippen LogP contribution is 2.12. The van der Waals surface area contributed by atoms with Crippen LogP contribution in [-0.2, 0) is 0 Å². The molecule has 2 heteroatoms. The summed E-state index contributed by atoms with van der Waals surface area (Å²) in [5.41, 5.74) is 3.49. The van der Waals surface area contributed by atoms with E-state index in [0.29, 0.717) is 0 Å². The van der Waals surface area contributed by atoms with Crippen molar-refractivity contribution in [1.82, 2.24) is 4.98 Å². The molecule has 1 heterocycles. The predicted molar refractivity (Wildman–Crippen MR) is 57.0 cm³/mol. The van der Waals surface area contributed by atoms with Crippen LogP contribution in [0.25, 0.3) is 0 Å². The molecule has 70 valence electrons. The van der Waals surface area contributed by atoms with Gasteiger partial charge in [0.2, 0.25) is 0 Å². The summed E-state index contributed by atoms with van der Waals surface area (Å²) >= 11 is 0. The van der Waals surface area contributed by atoms with Crippen molar-refractivity contribution in [2.24, 2.45) is 0 Å². The van der Waals surface area contributed by atoms with Gasteiger partial charge in [0.25, 0.3) is 0 Å². The van der Waals surface area contributed by atoms with Gasteiger partial charge >= 0.3 is 0 Å². The van der Waals surface area contributed by atoms with Crippen LogP contribution in [0, 0.1) is 13.8 Å². The molecule has 1 N–H and O–H groups in total. The fourth-order valence-corrected chi connectivity index (χ4v) is 1.13. The molecule has 2 nitrogen and oxygen atoms in total. The van der Waals surface area contributed by atoms with Crippen LogP contribution >= 0.6 is 0 Å². The van der Waals surface area contributed by atoms with E-state index in [9.17, 15) is 0 Å². The number of aromatic nitrogens is 1. The lowest BCUT2D eigenvalue weighted by Crippen LogP contribution is -2.05. The van der Waals surface area contributed by atoms with Crippen LogP contribution in [0.2, 0.25) is 0 Å². The Bertz CT molecular complexity index is 316. The number of anilines is 1. The third kappa shape index (κ3) is 2.90. The van der Waals surface area contributed by atoms with Crippen LogP contribution in [-0.4, -0.2) is 11.5 Å². The lowest BCUT2D eigenvalue weighted by molar-refractivity contribution is 1.13. The Morgan fingerprint density at radius 2 is 2.23 bits per heavy atom. The number of hydrogen-bond donors (Lipinski definition) is 1. The first-order valence-electron chi connectivity index (χ1n) is 4.41. The summed E-state index contributed by atoms with van der Waals surface area (Å²) in [5.74, 6) is 0.952. The van der Waals surface area contributed by atoms with Crippen molar-refractivity contribution in [3.63, 3.8) is 0 Å². The van der Waals surface area contributed by atoms with E-state index in [1.807, 2.05) is 20.0 Å². The van der Waals surface area contributed by atoms with Crippen LogP contribution < -0.4 is 5.32 Å². The topological polar surface area (TPSA) is 24.9 Å². The monoisotopic (exact) mass is 176 g/mol. The highest BCUT2D eigenvalue weighted by atomic mass is 15.0. The van der Waals surface area contributed by atoms with E-state index < -0.39 is 0 Å². The molecule has 1 aromatic rings. The lowest BCUT2D eigenvalue weighted by Gasteiger charge is -2.08. The second kappa shape index (κ2) is 4.08. The first-order valence-corrected chi connectivity index (χ1v) is 4.41. The normalized spacial score (nSPS) is 9.77. The van der Waals surface area contributed by atoms with Crippen LogP contribution in [0.5, 0.6) is 0 Å². The maximum absolute atomic E-state index is 4.30. The summed E-state index contributed by atoms with van der Waals surface area (Å²) < 4.78 is 0. The first-order chi connectivity index (χ1) is 6.09. The molecular weight excluding hydrogens is 160 g/mol. The molecule has 0 atom stereocenters.